The highest BCUT2D eigenvalue weighted by molar-refractivity contribution is 8.07. The van der Waals surface area contributed by atoms with E-state index in [0.717, 1.165) is 6.20 Å². The molecule has 0 amide bonds. The number of aromatic amines is 1. The van der Waals surface area contributed by atoms with Crippen LogP contribution in [0.2, 0.25) is 5.02 Å². The SMILES string of the molecule is CC(C)OP1(=S)OC[C@@]2(C(F)F)O[C@@H](n3cc(Cl)c(=O)[nH]c3=O)[C@H](O)[C@@H]2O1. The highest BCUT2D eigenvalue weighted by atomic mass is 35.5. The van der Waals surface area contributed by atoms with Crippen LogP contribution in [-0.2, 0) is 30.1 Å². The summed E-state index contributed by atoms with van der Waals surface area (Å²) in [5, 5.41) is 10.2. The maximum atomic E-state index is 13.9. The summed E-state index contributed by atoms with van der Waals surface area (Å²) in [5.74, 6) is 0. The number of fused-ring (bicyclic) bond motifs is 1. The van der Waals surface area contributed by atoms with Gasteiger partial charge in [-0.3, -0.25) is 18.9 Å². The summed E-state index contributed by atoms with van der Waals surface area (Å²) in [5.41, 5.74) is -4.25. The number of nitrogens with one attached hydrogen (secondary N) is 1. The van der Waals surface area contributed by atoms with Crippen LogP contribution in [0, 0.1) is 0 Å². The topological polar surface area (TPSA) is 112 Å². The van der Waals surface area contributed by atoms with Gasteiger partial charge in [-0.25, -0.2) is 13.6 Å². The molecule has 0 radical (unpaired) electrons. The lowest BCUT2D eigenvalue weighted by molar-refractivity contribution is -0.204. The van der Waals surface area contributed by atoms with Crippen molar-refractivity contribution in [2.45, 2.75) is 50.4 Å². The first kappa shape index (κ1) is 21.0. The van der Waals surface area contributed by atoms with E-state index >= 15 is 0 Å². The van der Waals surface area contributed by atoms with Gasteiger partial charge in [0, 0.05) is 6.20 Å². The van der Waals surface area contributed by atoms with Gasteiger partial charge in [0.25, 0.3) is 12.0 Å². The first-order chi connectivity index (χ1) is 12.5. The lowest BCUT2D eigenvalue weighted by Crippen LogP contribution is -2.56. The van der Waals surface area contributed by atoms with Gasteiger partial charge in [0.05, 0.1) is 12.7 Å². The van der Waals surface area contributed by atoms with E-state index in [1.54, 1.807) is 13.8 Å². The van der Waals surface area contributed by atoms with Gasteiger partial charge in [-0.1, -0.05) is 11.6 Å². The number of aromatic nitrogens is 2. The third kappa shape index (κ3) is 3.65. The maximum Gasteiger partial charge on any atom is 0.330 e. The minimum absolute atomic E-state index is 0.392. The van der Waals surface area contributed by atoms with Gasteiger partial charge in [0.2, 0.25) is 0 Å². The highest BCUT2D eigenvalue weighted by Crippen LogP contribution is 2.61. The smallest absolute Gasteiger partial charge is 0.330 e. The average Bonchev–Trinajstić information content (AvgIpc) is 2.84. The molecule has 2 aliphatic rings. The summed E-state index contributed by atoms with van der Waals surface area (Å²) in [7, 11) is 0. The number of H-pyrrole nitrogens is 1. The van der Waals surface area contributed by atoms with E-state index in [-0.39, 0.29) is 0 Å². The van der Waals surface area contributed by atoms with Crippen LogP contribution < -0.4 is 11.2 Å². The zero-order chi connectivity index (χ0) is 20.1. The molecule has 1 aromatic rings. The summed E-state index contributed by atoms with van der Waals surface area (Å²) in [6, 6.07) is 0. The summed E-state index contributed by atoms with van der Waals surface area (Å²) in [4.78, 5) is 25.3. The second-order valence-electron chi connectivity index (χ2n) is 6.30. The minimum atomic E-state index is -3.42. The fourth-order valence-corrected chi connectivity index (χ4v) is 5.57. The van der Waals surface area contributed by atoms with E-state index in [0.29, 0.717) is 4.57 Å². The molecule has 14 heteroatoms. The molecule has 1 aromatic heterocycles. The van der Waals surface area contributed by atoms with Crippen molar-refractivity contribution in [2.24, 2.45) is 0 Å². The van der Waals surface area contributed by atoms with Gasteiger partial charge in [0.15, 0.2) is 11.8 Å². The maximum absolute atomic E-state index is 13.9. The van der Waals surface area contributed by atoms with Crippen LogP contribution in [0.25, 0.3) is 0 Å². The molecule has 2 N–H and O–H groups in total. The van der Waals surface area contributed by atoms with Crippen LogP contribution >= 0.6 is 18.3 Å². The van der Waals surface area contributed by atoms with Crippen molar-refractivity contribution in [3.05, 3.63) is 32.1 Å². The first-order valence-electron chi connectivity index (χ1n) is 7.75. The van der Waals surface area contributed by atoms with E-state index in [2.05, 4.69) is 0 Å². The molecule has 2 aliphatic heterocycles. The highest BCUT2D eigenvalue weighted by Gasteiger charge is 2.66. The van der Waals surface area contributed by atoms with E-state index < -0.39 is 66.2 Å². The standard InChI is InChI=1S/C13H16ClF2N2O7PS/c1-5(2)24-26(27)22-4-13(11(15)16)8(25-26)7(19)10(23-13)18-3-6(14)9(20)17-12(18)21/h3,5,7-8,10-11,19H,4H2,1-2H3,(H,17,20,21)/t7-,8+,10-,13-,26?/m1/s1. The Hall–Kier alpha value is -0.720. The number of aliphatic hydroxyl groups is 1. The molecule has 1 unspecified atom stereocenters. The Morgan fingerprint density at radius 3 is 2.78 bits per heavy atom. The number of rotatable bonds is 4. The largest absolute Gasteiger partial charge is 0.386 e. The zero-order valence-electron chi connectivity index (χ0n) is 14.0. The Morgan fingerprint density at radius 1 is 1.52 bits per heavy atom. The molecule has 5 atom stereocenters. The minimum Gasteiger partial charge on any atom is -0.386 e. The van der Waals surface area contributed by atoms with Crippen LogP contribution in [0.3, 0.4) is 0 Å². The molecule has 0 saturated carbocycles. The van der Waals surface area contributed by atoms with Crippen LogP contribution in [-0.4, -0.2) is 51.6 Å². The molecule has 0 spiro atoms. The van der Waals surface area contributed by atoms with E-state index in [1.807, 2.05) is 4.98 Å². The molecule has 27 heavy (non-hydrogen) atoms. The zero-order valence-corrected chi connectivity index (χ0v) is 16.5. The molecule has 2 saturated heterocycles. The lowest BCUT2D eigenvalue weighted by Gasteiger charge is -2.41. The van der Waals surface area contributed by atoms with E-state index in [9.17, 15) is 23.5 Å². The number of aliphatic hydroxyl groups excluding tert-OH is 1. The molecule has 9 nitrogen and oxygen atoms in total. The number of ether oxygens (including phenoxy) is 1. The van der Waals surface area contributed by atoms with Gasteiger partial charge < -0.3 is 18.9 Å². The monoisotopic (exact) mass is 448 g/mol. The third-order valence-electron chi connectivity index (χ3n) is 4.02. The molecule has 3 heterocycles. The molecular formula is C13H16ClF2N2O7PS. The lowest BCUT2D eigenvalue weighted by atomic mass is 9.96. The van der Waals surface area contributed by atoms with Gasteiger partial charge in [-0.2, -0.15) is 0 Å². The molecular weight excluding hydrogens is 433 g/mol. The van der Waals surface area contributed by atoms with Crippen LogP contribution in [0.5, 0.6) is 0 Å². The Labute approximate surface area is 161 Å². The summed E-state index contributed by atoms with van der Waals surface area (Å²) in [6.45, 7) is -0.818. The molecule has 152 valence electrons. The van der Waals surface area contributed by atoms with Crippen molar-refractivity contribution in [3.63, 3.8) is 0 Å². The van der Waals surface area contributed by atoms with Crippen molar-refractivity contribution < 1.29 is 32.2 Å². The number of hydrogen-bond donors (Lipinski definition) is 2. The van der Waals surface area contributed by atoms with Crippen molar-refractivity contribution in [1.82, 2.24) is 9.55 Å². The van der Waals surface area contributed by atoms with Crippen LogP contribution in [0.4, 0.5) is 8.78 Å². The normalized spacial score (nSPS) is 36.4. The number of alkyl halides is 2. The predicted molar refractivity (Wildman–Crippen MR) is 92.5 cm³/mol. The van der Waals surface area contributed by atoms with Gasteiger partial charge in [-0.05, 0) is 25.7 Å². The predicted octanol–water partition coefficient (Wildman–Crippen LogP) is 1.15. The van der Waals surface area contributed by atoms with Gasteiger partial charge in [0.1, 0.15) is 17.2 Å². The number of nitrogens with zero attached hydrogens (tertiary/aromatic N) is 1. The number of halogens is 3. The van der Waals surface area contributed by atoms with Gasteiger partial charge in [-0.15, -0.1) is 0 Å². The number of hydrogen-bond acceptors (Lipinski definition) is 8. The molecule has 0 aliphatic carbocycles. The van der Waals surface area contributed by atoms with Crippen molar-refractivity contribution in [1.29, 1.82) is 0 Å². The molecule has 0 aromatic carbocycles. The van der Waals surface area contributed by atoms with Crippen LogP contribution in [0.15, 0.2) is 15.8 Å². The summed E-state index contributed by atoms with van der Waals surface area (Å²) < 4.78 is 49.8. The molecule has 3 rings (SSSR count). The Morgan fingerprint density at radius 2 is 2.19 bits per heavy atom. The fourth-order valence-electron chi connectivity index (χ4n) is 2.84. The van der Waals surface area contributed by atoms with Crippen molar-refractivity contribution in [3.8, 4) is 0 Å². The second-order valence-corrected chi connectivity index (χ2v) is 9.62. The Kier molecular flexibility index (Phi) is 5.65. The van der Waals surface area contributed by atoms with Crippen LogP contribution in [0.1, 0.15) is 20.1 Å². The summed E-state index contributed by atoms with van der Waals surface area (Å²) >= 11 is 10.8. The third-order valence-corrected chi connectivity index (χ3v) is 6.74. The molecule has 2 fully saturated rings. The van der Waals surface area contributed by atoms with Crippen molar-refractivity contribution in [2.75, 3.05) is 6.61 Å². The average molecular weight is 449 g/mol. The van der Waals surface area contributed by atoms with Crippen molar-refractivity contribution >= 4 is 30.1 Å². The van der Waals surface area contributed by atoms with E-state index in [1.165, 1.54) is 0 Å². The Balaban J connectivity index is 2.01. The Bertz CT molecular complexity index is 896. The van der Waals surface area contributed by atoms with Gasteiger partial charge >= 0.3 is 12.4 Å². The summed E-state index contributed by atoms with van der Waals surface area (Å²) in [6.07, 6.45) is -7.65. The van der Waals surface area contributed by atoms with E-state index in [4.69, 9.17) is 41.7 Å². The quantitative estimate of drug-likeness (QED) is 0.660. The first-order valence-corrected chi connectivity index (χ1v) is 10.7. The second kappa shape index (κ2) is 7.27. The molecule has 0 bridgehead atoms. The fraction of sp³-hybridized carbons (Fsp3) is 0.692.